The van der Waals surface area contributed by atoms with Crippen molar-refractivity contribution in [2.24, 2.45) is 0 Å². The summed E-state index contributed by atoms with van der Waals surface area (Å²) in [5.74, 6) is 1.09. The normalized spacial score (nSPS) is 14.5. The SMILES string of the molecule is [2H]c1nc(-c2cc(-c3cccc4c3nc(-c3cc(C)cc(C)c3OC)n4-c3cc(C([2H])([2H])[2H])c(-c4ccccc4)cc3-c3ccc(C(C)(C)C)cc3)cc(C(C)(C)C)c2)c([2H])c(-c2c([2H])c([2H])c([2H])c([2H])c2[2H])c1[2H]. The van der Waals surface area contributed by atoms with Gasteiger partial charge < -0.3 is 4.74 Å². The first-order valence-electron chi connectivity index (χ1n) is 26.9. The maximum absolute atomic E-state index is 9.57. The van der Waals surface area contributed by atoms with E-state index >= 15 is 0 Å². The van der Waals surface area contributed by atoms with Gasteiger partial charge in [0.1, 0.15) is 11.6 Å². The summed E-state index contributed by atoms with van der Waals surface area (Å²) in [4.78, 5) is 10.0. The average molecular weight is 847 g/mol. The van der Waals surface area contributed by atoms with Crippen LogP contribution in [0, 0.1) is 20.7 Å². The molecule has 0 fully saturated rings. The molecule has 0 aliphatic heterocycles. The number of fused-ring (bicyclic) bond motifs is 1. The van der Waals surface area contributed by atoms with E-state index in [2.05, 4.69) is 50.0 Å². The van der Waals surface area contributed by atoms with E-state index in [4.69, 9.17) is 23.4 Å². The standard InChI is InChI=1S/C60H57N3O/c1-38-30-40(3)57(64-10)52(31-38)58-62-56-49(45-33-46(35-48(34-45)60(7,8)9)53-36-44(28-29-61-53)41-18-13-11-14-19-41)22-17-23-54(56)63(58)55-32-39(2)50(42-20-15-12-16-21-42)37-51(55)43-24-26-47(27-25-43)59(4,5)6/h11-37H,1-10H3/i2D3,11D,13D,14D,18D,19D,28D,29D,36D. The van der Waals surface area contributed by atoms with Gasteiger partial charge in [-0.1, -0.05) is 151 Å². The third-order valence-electron chi connectivity index (χ3n) is 11.8. The van der Waals surface area contributed by atoms with E-state index in [0.29, 0.717) is 56.1 Å². The van der Waals surface area contributed by atoms with Gasteiger partial charge in [-0.25, -0.2) is 4.98 Å². The molecule has 0 aliphatic rings. The number of pyridine rings is 1. The van der Waals surface area contributed by atoms with Crippen molar-refractivity contribution >= 4 is 11.0 Å². The molecule has 4 heteroatoms. The summed E-state index contributed by atoms with van der Waals surface area (Å²) >= 11 is 0. The Morgan fingerprint density at radius 3 is 2.00 bits per heavy atom. The Balaban J connectivity index is 1.40. The number of hydrogen-bond acceptors (Lipinski definition) is 3. The number of ether oxygens (including phenoxy) is 1. The van der Waals surface area contributed by atoms with Crippen LogP contribution < -0.4 is 4.74 Å². The molecule has 0 amide bonds. The van der Waals surface area contributed by atoms with Crippen molar-refractivity contribution in [1.82, 2.24) is 14.5 Å². The number of aryl methyl sites for hydroxylation is 3. The van der Waals surface area contributed by atoms with Crippen LogP contribution in [-0.4, -0.2) is 21.6 Å². The zero-order chi connectivity index (χ0) is 54.4. The van der Waals surface area contributed by atoms with Crippen molar-refractivity contribution < 1.29 is 19.8 Å². The minimum absolute atomic E-state index is 0.0126. The molecule has 0 bridgehead atoms. The van der Waals surface area contributed by atoms with Crippen molar-refractivity contribution in [2.45, 2.75) is 73.1 Å². The van der Waals surface area contributed by atoms with Crippen LogP contribution in [0.5, 0.6) is 5.75 Å². The molecular weight excluding hydrogens is 779 g/mol. The van der Waals surface area contributed by atoms with E-state index in [0.717, 1.165) is 38.9 Å². The minimum Gasteiger partial charge on any atom is -0.496 e. The molecule has 2 aromatic heterocycles. The molecule has 4 nitrogen and oxygen atoms in total. The molecule has 318 valence electrons. The molecule has 0 saturated heterocycles. The van der Waals surface area contributed by atoms with Crippen molar-refractivity contribution in [2.75, 3.05) is 7.11 Å². The van der Waals surface area contributed by atoms with Gasteiger partial charge in [-0.05, 0) is 141 Å². The summed E-state index contributed by atoms with van der Waals surface area (Å²) in [5.41, 5.74) is 9.84. The number of para-hydroxylation sites is 1. The molecule has 0 unspecified atom stereocenters. The third-order valence-corrected chi connectivity index (χ3v) is 11.8. The Morgan fingerprint density at radius 1 is 0.578 bits per heavy atom. The lowest BCUT2D eigenvalue weighted by Crippen LogP contribution is -2.11. The zero-order valence-corrected chi connectivity index (χ0v) is 37.7. The Hall–Kier alpha value is -7.04. The Bertz CT molecular complexity index is 3730. The lowest BCUT2D eigenvalue weighted by atomic mass is 9.83. The van der Waals surface area contributed by atoms with Crippen LogP contribution in [0.1, 0.15) is 84.4 Å². The number of aromatic nitrogens is 3. The van der Waals surface area contributed by atoms with Crippen molar-refractivity contribution in [3.63, 3.8) is 0 Å². The second-order valence-corrected chi connectivity index (χ2v) is 18.5. The average Bonchev–Trinajstić information content (AvgIpc) is 3.75. The van der Waals surface area contributed by atoms with Crippen LogP contribution in [0.15, 0.2) is 164 Å². The van der Waals surface area contributed by atoms with Crippen LogP contribution in [0.3, 0.4) is 0 Å². The van der Waals surface area contributed by atoms with Gasteiger partial charge in [0.15, 0.2) is 0 Å². The summed E-state index contributed by atoms with van der Waals surface area (Å²) in [6.45, 7) is 14.1. The quantitative estimate of drug-likeness (QED) is 0.153. The van der Waals surface area contributed by atoms with E-state index < -0.39 is 54.7 Å². The molecule has 0 radical (unpaired) electrons. The Labute approximate surface area is 394 Å². The fourth-order valence-corrected chi connectivity index (χ4v) is 8.47. The third kappa shape index (κ3) is 8.05. The van der Waals surface area contributed by atoms with Crippen LogP contribution in [-0.2, 0) is 10.8 Å². The predicted molar refractivity (Wildman–Crippen MR) is 270 cm³/mol. The van der Waals surface area contributed by atoms with Crippen molar-refractivity contribution in [3.05, 3.63) is 192 Å². The zero-order valence-electron chi connectivity index (χ0n) is 48.7. The number of benzene rings is 7. The van der Waals surface area contributed by atoms with Crippen LogP contribution in [0.2, 0.25) is 0 Å². The summed E-state index contributed by atoms with van der Waals surface area (Å²) in [5, 5.41) is 0. The highest BCUT2D eigenvalue weighted by Gasteiger charge is 2.26. The van der Waals surface area contributed by atoms with Gasteiger partial charge >= 0.3 is 0 Å². The Morgan fingerprint density at radius 2 is 1.30 bits per heavy atom. The molecule has 7 aromatic carbocycles. The maximum atomic E-state index is 9.57. The number of imidazole rings is 1. The number of hydrogen-bond donors (Lipinski definition) is 0. The van der Waals surface area contributed by atoms with Crippen LogP contribution in [0.25, 0.3) is 83.9 Å². The largest absolute Gasteiger partial charge is 0.496 e. The van der Waals surface area contributed by atoms with Gasteiger partial charge in [-0.3, -0.25) is 9.55 Å². The van der Waals surface area contributed by atoms with Gasteiger partial charge in [0.05, 0.1) is 46.1 Å². The first-order chi connectivity index (χ1) is 35.2. The van der Waals surface area contributed by atoms with E-state index in [1.807, 2.05) is 124 Å². The maximum Gasteiger partial charge on any atom is 0.149 e. The molecule has 0 N–H and O–H groups in total. The van der Waals surface area contributed by atoms with Gasteiger partial charge in [-0.2, -0.15) is 0 Å². The Kier molecular flexibility index (Phi) is 8.01. The first-order valence-corrected chi connectivity index (χ1v) is 21.4. The second-order valence-electron chi connectivity index (χ2n) is 18.5. The van der Waals surface area contributed by atoms with Crippen LogP contribution in [0.4, 0.5) is 0 Å². The smallest absolute Gasteiger partial charge is 0.149 e. The highest BCUT2D eigenvalue weighted by Crippen LogP contribution is 2.44. The summed E-state index contributed by atoms with van der Waals surface area (Å²) in [7, 11) is 1.62. The van der Waals surface area contributed by atoms with Crippen LogP contribution >= 0.6 is 0 Å². The molecule has 0 aliphatic carbocycles. The van der Waals surface area contributed by atoms with E-state index in [1.165, 1.54) is 0 Å². The predicted octanol–water partition coefficient (Wildman–Crippen LogP) is 16.0. The number of nitrogens with zero attached hydrogens (tertiary/aromatic N) is 3. The lowest BCUT2D eigenvalue weighted by molar-refractivity contribution is 0.413. The van der Waals surface area contributed by atoms with Gasteiger partial charge in [-0.15, -0.1) is 0 Å². The van der Waals surface area contributed by atoms with E-state index in [1.54, 1.807) is 13.2 Å². The molecule has 2 heterocycles. The first kappa shape index (κ1) is 30.9. The van der Waals surface area contributed by atoms with E-state index in [9.17, 15) is 1.37 Å². The van der Waals surface area contributed by atoms with Crippen molar-refractivity contribution in [1.29, 1.82) is 0 Å². The molecule has 0 spiro atoms. The minimum atomic E-state index is -2.54. The highest BCUT2D eigenvalue weighted by atomic mass is 16.5. The van der Waals surface area contributed by atoms with Crippen molar-refractivity contribution in [3.8, 4) is 78.6 Å². The molecule has 9 rings (SSSR count). The second kappa shape index (κ2) is 16.6. The highest BCUT2D eigenvalue weighted by molar-refractivity contribution is 5.98. The summed E-state index contributed by atoms with van der Waals surface area (Å²) in [6, 6.07) is 33.4. The molecule has 64 heavy (non-hydrogen) atoms. The fraction of sp³-hybridized carbons (Fsp3) is 0.200. The number of methoxy groups -OCH3 is 1. The lowest BCUT2D eigenvalue weighted by Gasteiger charge is -2.22. The monoisotopic (exact) mass is 847 g/mol. The summed E-state index contributed by atoms with van der Waals surface area (Å²) in [6.07, 6.45) is -0.531. The molecule has 0 atom stereocenters. The van der Waals surface area contributed by atoms with Gasteiger partial charge in [0.25, 0.3) is 0 Å². The van der Waals surface area contributed by atoms with E-state index in [-0.39, 0.29) is 33.8 Å². The topological polar surface area (TPSA) is 39.9 Å². The molecule has 0 saturated carbocycles. The molecular formula is C60H57N3O. The number of rotatable bonds is 8. The molecule has 9 aromatic rings. The fourth-order valence-electron chi connectivity index (χ4n) is 8.47. The van der Waals surface area contributed by atoms with Gasteiger partial charge in [0.2, 0.25) is 0 Å². The summed E-state index contributed by atoms with van der Waals surface area (Å²) < 4.78 is 105. The van der Waals surface area contributed by atoms with Gasteiger partial charge in [0, 0.05) is 27.0 Å².